The first-order chi connectivity index (χ1) is 10.2. The van der Waals surface area contributed by atoms with Crippen LogP contribution in [0.3, 0.4) is 0 Å². The number of hydrogen-bond acceptors (Lipinski definition) is 4. The van der Waals surface area contributed by atoms with Crippen molar-refractivity contribution in [1.29, 1.82) is 0 Å². The second kappa shape index (κ2) is 6.77. The Morgan fingerprint density at radius 1 is 1.14 bits per heavy atom. The number of benzene rings is 1. The van der Waals surface area contributed by atoms with Crippen LogP contribution in [0.5, 0.6) is 0 Å². The molecule has 0 N–H and O–H groups in total. The first-order valence-electron chi connectivity index (χ1n) is 7.34. The molecular weight excluding hydrogens is 302 g/mol. The Hall–Kier alpha value is -1.10. The molecule has 0 atom stereocenters. The van der Waals surface area contributed by atoms with Crippen LogP contribution >= 0.6 is 22.9 Å². The molecule has 1 aliphatic rings. The van der Waals surface area contributed by atoms with Crippen LogP contribution < -0.4 is 4.90 Å². The molecule has 21 heavy (non-hydrogen) atoms. The molecule has 0 radical (unpaired) electrons. The summed E-state index contributed by atoms with van der Waals surface area (Å²) in [5, 5.41) is 0.803. The topological polar surface area (TPSA) is 19.4 Å². The van der Waals surface area contributed by atoms with Crippen LogP contribution in [0.2, 0.25) is 5.02 Å². The van der Waals surface area contributed by atoms with Gasteiger partial charge in [0.15, 0.2) is 0 Å². The van der Waals surface area contributed by atoms with Crippen LogP contribution in [-0.2, 0) is 6.42 Å². The number of rotatable bonds is 4. The van der Waals surface area contributed by atoms with Crippen molar-refractivity contribution in [2.24, 2.45) is 0 Å². The summed E-state index contributed by atoms with van der Waals surface area (Å²) in [6, 6.07) is 8.16. The molecule has 5 heteroatoms. The molecule has 112 valence electrons. The van der Waals surface area contributed by atoms with Gasteiger partial charge in [-0.25, -0.2) is 4.98 Å². The molecule has 1 fully saturated rings. The van der Waals surface area contributed by atoms with Crippen molar-refractivity contribution in [3.05, 3.63) is 45.4 Å². The molecule has 0 saturated carbocycles. The molecule has 3 nitrogen and oxygen atoms in total. The maximum Gasteiger partial charge on any atom is 0.0797 e. The van der Waals surface area contributed by atoms with Gasteiger partial charge in [0.05, 0.1) is 11.2 Å². The monoisotopic (exact) mass is 321 g/mol. The highest BCUT2D eigenvalue weighted by Gasteiger charge is 2.17. The zero-order valence-corrected chi connectivity index (χ0v) is 13.8. The van der Waals surface area contributed by atoms with E-state index in [1.807, 2.05) is 17.6 Å². The number of nitrogens with zero attached hydrogens (tertiary/aromatic N) is 3. The van der Waals surface area contributed by atoms with Crippen molar-refractivity contribution in [2.75, 3.05) is 37.6 Å². The van der Waals surface area contributed by atoms with E-state index >= 15 is 0 Å². The number of halogens is 1. The predicted molar refractivity (Wildman–Crippen MR) is 90.7 cm³/mol. The van der Waals surface area contributed by atoms with E-state index in [0.717, 1.165) is 44.2 Å². The second-order valence-electron chi connectivity index (χ2n) is 5.42. The molecule has 1 aromatic carbocycles. The second-order valence-corrected chi connectivity index (χ2v) is 6.79. The van der Waals surface area contributed by atoms with Gasteiger partial charge in [-0.2, -0.15) is 0 Å². The fourth-order valence-corrected chi connectivity index (χ4v) is 3.60. The van der Waals surface area contributed by atoms with E-state index in [2.05, 4.69) is 33.8 Å². The van der Waals surface area contributed by atoms with Gasteiger partial charge in [-0.15, -0.1) is 11.3 Å². The third kappa shape index (κ3) is 3.76. The van der Waals surface area contributed by atoms with Gasteiger partial charge < -0.3 is 4.90 Å². The molecule has 1 saturated heterocycles. The quantitative estimate of drug-likeness (QED) is 0.859. The third-order valence-electron chi connectivity index (χ3n) is 4.06. The zero-order valence-electron chi connectivity index (χ0n) is 12.3. The first-order valence-corrected chi connectivity index (χ1v) is 8.60. The van der Waals surface area contributed by atoms with E-state index in [9.17, 15) is 0 Å². The first kappa shape index (κ1) is 14.8. The maximum atomic E-state index is 5.95. The minimum Gasteiger partial charge on any atom is -0.369 e. The van der Waals surface area contributed by atoms with Crippen molar-refractivity contribution in [3.8, 4) is 0 Å². The highest BCUT2D eigenvalue weighted by atomic mass is 35.5. The van der Waals surface area contributed by atoms with E-state index in [0.29, 0.717) is 0 Å². The molecule has 3 rings (SSSR count). The van der Waals surface area contributed by atoms with Gasteiger partial charge in [0.2, 0.25) is 0 Å². The Morgan fingerprint density at radius 3 is 2.48 bits per heavy atom. The van der Waals surface area contributed by atoms with Crippen molar-refractivity contribution in [3.63, 3.8) is 0 Å². The van der Waals surface area contributed by atoms with Crippen molar-refractivity contribution < 1.29 is 0 Å². The number of aryl methyl sites for hydroxylation is 1. The highest BCUT2D eigenvalue weighted by molar-refractivity contribution is 7.09. The Balaban J connectivity index is 1.49. The average molecular weight is 322 g/mol. The summed E-state index contributed by atoms with van der Waals surface area (Å²) in [6.07, 6.45) is 1.12. The third-order valence-corrected chi connectivity index (χ3v) is 5.31. The maximum absolute atomic E-state index is 5.95. The summed E-state index contributed by atoms with van der Waals surface area (Å²) in [4.78, 5) is 10.7. The zero-order chi connectivity index (χ0) is 14.7. The van der Waals surface area contributed by atoms with Crippen LogP contribution in [0.25, 0.3) is 0 Å². The summed E-state index contributed by atoms with van der Waals surface area (Å²) in [6.45, 7) is 7.66. The molecule has 0 bridgehead atoms. The lowest BCUT2D eigenvalue weighted by Gasteiger charge is -2.36. The minimum absolute atomic E-state index is 0.803. The fraction of sp³-hybridized carbons (Fsp3) is 0.438. The van der Waals surface area contributed by atoms with Crippen LogP contribution in [0.4, 0.5) is 5.69 Å². The molecule has 0 amide bonds. The van der Waals surface area contributed by atoms with Gasteiger partial charge in [0.1, 0.15) is 0 Å². The van der Waals surface area contributed by atoms with E-state index in [1.54, 1.807) is 11.3 Å². The van der Waals surface area contributed by atoms with Crippen LogP contribution in [0, 0.1) is 6.92 Å². The number of aromatic nitrogens is 1. The summed E-state index contributed by atoms with van der Waals surface area (Å²) in [7, 11) is 0. The number of hydrogen-bond donors (Lipinski definition) is 0. The van der Waals surface area contributed by atoms with Gasteiger partial charge in [0, 0.05) is 48.3 Å². The lowest BCUT2D eigenvalue weighted by Crippen LogP contribution is -2.46. The smallest absolute Gasteiger partial charge is 0.0797 e. The predicted octanol–water partition coefficient (Wildman–Crippen LogP) is 3.47. The summed E-state index contributed by atoms with van der Waals surface area (Å²) in [5.41, 5.74) is 4.42. The highest BCUT2D eigenvalue weighted by Crippen LogP contribution is 2.20. The molecule has 2 heterocycles. The van der Waals surface area contributed by atoms with E-state index in [-0.39, 0.29) is 0 Å². The van der Waals surface area contributed by atoms with Gasteiger partial charge >= 0.3 is 0 Å². The number of anilines is 1. The summed E-state index contributed by atoms with van der Waals surface area (Å²) in [5.74, 6) is 0. The fourth-order valence-electron chi connectivity index (χ4n) is 2.71. The van der Waals surface area contributed by atoms with Crippen molar-refractivity contribution in [1.82, 2.24) is 9.88 Å². The molecule has 2 aromatic rings. The van der Waals surface area contributed by atoms with Gasteiger partial charge in [0.25, 0.3) is 0 Å². The largest absolute Gasteiger partial charge is 0.369 e. The van der Waals surface area contributed by atoms with Gasteiger partial charge in [-0.1, -0.05) is 11.6 Å². The molecular formula is C16H20ClN3S. The lowest BCUT2D eigenvalue weighted by molar-refractivity contribution is 0.261. The molecule has 0 unspecified atom stereocenters. The van der Waals surface area contributed by atoms with Crippen molar-refractivity contribution >= 4 is 28.6 Å². The van der Waals surface area contributed by atoms with Crippen molar-refractivity contribution in [2.45, 2.75) is 13.3 Å². The molecule has 1 aromatic heterocycles. The van der Waals surface area contributed by atoms with Crippen LogP contribution in [0.1, 0.15) is 10.6 Å². The molecule has 0 spiro atoms. The molecule has 0 aliphatic carbocycles. The SMILES string of the molecule is Cc1ncsc1CCN1CCN(c2ccc(Cl)cc2)CC1. The van der Waals surface area contributed by atoms with Gasteiger partial charge in [-0.05, 0) is 37.6 Å². The van der Waals surface area contributed by atoms with E-state index in [1.165, 1.54) is 16.3 Å². The van der Waals surface area contributed by atoms with Gasteiger partial charge in [-0.3, -0.25) is 4.90 Å². The Kier molecular flexibility index (Phi) is 4.78. The average Bonchev–Trinajstić information content (AvgIpc) is 2.92. The number of thiazole rings is 1. The summed E-state index contributed by atoms with van der Waals surface area (Å²) >= 11 is 7.72. The minimum atomic E-state index is 0.803. The number of piperazine rings is 1. The van der Waals surface area contributed by atoms with Crippen LogP contribution in [-0.4, -0.2) is 42.6 Å². The lowest BCUT2D eigenvalue weighted by atomic mass is 10.2. The Bertz CT molecular complexity index is 573. The Morgan fingerprint density at radius 2 is 1.86 bits per heavy atom. The Labute approximate surface area is 135 Å². The summed E-state index contributed by atoms with van der Waals surface area (Å²) < 4.78 is 0. The van der Waals surface area contributed by atoms with E-state index < -0.39 is 0 Å². The standard InChI is InChI=1S/C16H20ClN3S/c1-13-16(21-12-18-13)6-7-19-8-10-20(11-9-19)15-4-2-14(17)3-5-15/h2-5,12H,6-11H2,1H3. The van der Waals surface area contributed by atoms with Crippen LogP contribution in [0.15, 0.2) is 29.8 Å². The normalized spacial score (nSPS) is 16.4. The van der Waals surface area contributed by atoms with E-state index in [4.69, 9.17) is 11.6 Å². The molecule has 1 aliphatic heterocycles.